The molecule has 1 aliphatic rings. The summed E-state index contributed by atoms with van der Waals surface area (Å²) in [6.07, 6.45) is 2.16. The van der Waals surface area contributed by atoms with E-state index < -0.39 is 7.92 Å². The highest BCUT2D eigenvalue weighted by atomic mass is 31.1. The first kappa shape index (κ1) is 27.9. The summed E-state index contributed by atoms with van der Waals surface area (Å²) in [7, 11) is -0.505. The molecule has 2 atom stereocenters. The average Bonchev–Trinajstić information content (AvgIpc) is 3.11. The third-order valence-electron chi connectivity index (χ3n) is 7.90. The second-order valence-corrected chi connectivity index (χ2v) is 16.3. The Morgan fingerprint density at radius 3 is 1.91 bits per heavy atom. The van der Waals surface area contributed by atoms with E-state index in [4.69, 9.17) is 4.99 Å². The van der Waals surface area contributed by atoms with E-state index in [-0.39, 0.29) is 16.0 Å². The fraction of sp³-hybridized carbons (Fsp3) is 0.594. The van der Waals surface area contributed by atoms with Crippen LogP contribution in [0.5, 0.6) is 5.75 Å². The molecule has 0 saturated carbocycles. The SMILES string of the molecule is Cc1cc(C)c(O)c(C2(C(C)(C)C)CCP(C(C)(C)C)C2=Nc2c(C(C)C)cccc2C(C)C)c1. The molecule has 1 N–H and O–H groups in total. The van der Waals surface area contributed by atoms with Crippen LogP contribution in [-0.4, -0.2) is 21.9 Å². The molecular weight excluding hydrogens is 445 g/mol. The number of aromatic hydroxyl groups is 1. The zero-order valence-electron chi connectivity index (χ0n) is 24.3. The predicted octanol–water partition coefficient (Wildman–Crippen LogP) is 9.95. The van der Waals surface area contributed by atoms with Gasteiger partial charge >= 0.3 is 0 Å². The fourth-order valence-corrected chi connectivity index (χ4v) is 9.26. The Kier molecular flexibility index (Phi) is 7.71. The van der Waals surface area contributed by atoms with Gasteiger partial charge in [0.05, 0.1) is 11.1 Å². The first-order valence-corrected chi connectivity index (χ1v) is 14.9. The molecule has 192 valence electrons. The Bertz CT molecular complexity index is 1090. The Labute approximate surface area is 216 Å². The number of benzene rings is 2. The van der Waals surface area contributed by atoms with Crippen molar-refractivity contribution in [1.29, 1.82) is 0 Å². The van der Waals surface area contributed by atoms with Crippen molar-refractivity contribution in [3.05, 3.63) is 58.1 Å². The van der Waals surface area contributed by atoms with Crippen molar-refractivity contribution in [2.24, 2.45) is 10.4 Å². The van der Waals surface area contributed by atoms with Gasteiger partial charge in [-0.1, -0.05) is 113 Å². The molecule has 2 unspecified atom stereocenters. The highest BCUT2D eigenvalue weighted by Crippen LogP contribution is 2.68. The summed E-state index contributed by atoms with van der Waals surface area (Å²) in [5.41, 5.74) is 7.96. The Morgan fingerprint density at radius 1 is 0.914 bits per heavy atom. The van der Waals surface area contributed by atoms with E-state index in [9.17, 15) is 5.11 Å². The monoisotopic (exact) mass is 493 g/mol. The maximum atomic E-state index is 11.5. The number of rotatable bonds is 4. The van der Waals surface area contributed by atoms with Crippen molar-refractivity contribution >= 4 is 19.1 Å². The van der Waals surface area contributed by atoms with Crippen LogP contribution in [0.2, 0.25) is 0 Å². The van der Waals surface area contributed by atoms with Crippen LogP contribution >= 0.6 is 7.92 Å². The zero-order valence-corrected chi connectivity index (χ0v) is 25.2. The second-order valence-electron chi connectivity index (χ2n) is 13.2. The van der Waals surface area contributed by atoms with Gasteiger partial charge in [-0.3, -0.25) is 4.99 Å². The maximum absolute atomic E-state index is 11.5. The van der Waals surface area contributed by atoms with Crippen LogP contribution in [0.3, 0.4) is 0 Å². The molecule has 2 aromatic carbocycles. The molecular formula is C32H48NOP. The first-order valence-electron chi connectivity index (χ1n) is 13.3. The van der Waals surface area contributed by atoms with E-state index in [1.807, 2.05) is 6.92 Å². The number of hydrogen-bond donors (Lipinski definition) is 1. The Balaban J connectivity index is 2.50. The summed E-state index contributed by atoms with van der Waals surface area (Å²) in [5, 5.41) is 11.7. The van der Waals surface area contributed by atoms with Crippen LogP contribution in [0, 0.1) is 19.3 Å². The summed E-state index contributed by atoms with van der Waals surface area (Å²) in [6, 6.07) is 11.1. The lowest BCUT2D eigenvalue weighted by molar-refractivity contribution is 0.253. The largest absolute Gasteiger partial charge is 0.507 e. The van der Waals surface area contributed by atoms with Gasteiger partial charge in [0, 0.05) is 11.0 Å². The summed E-state index contributed by atoms with van der Waals surface area (Å²) >= 11 is 0. The van der Waals surface area contributed by atoms with Crippen LogP contribution in [0.25, 0.3) is 0 Å². The molecule has 1 aliphatic heterocycles. The maximum Gasteiger partial charge on any atom is 0.122 e. The molecule has 1 heterocycles. The molecule has 0 bridgehead atoms. The lowest BCUT2D eigenvalue weighted by Gasteiger charge is -2.45. The van der Waals surface area contributed by atoms with Crippen LogP contribution in [-0.2, 0) is 5.41 Å². The lowest BCUT2D eigenvalue weighted by atomic mass is 9.61. The molecule has 35 heavy (non-hydrogen) atoms. The van der Waals surface area contributed by atoms with Crippen molar-refractivity contribution in [3.8, 4) is 5.75 Å². The quantitative estimate of drug-likeness (QED) is 0.422. The minimum absolute atomic E-state index is 0.101. The number of para-hydroxylation sites is 1. The van der Waals surface area contributed by atoms with Crippen molar-refractivity contribution in [1.82, 2.24) is 0 Å². The number of aliphatic imine (C=N–C) groups is 1. The van der Waals surface area contributed by atoms with Crippen LogP contribution in [0.15, 0.2) is 35.3 Å². The third kappa shape index (κ3) is 4.98. The highest BCUT2D eigenvalue weighted by Gasteiger charge is 2.57. The molecule has 1 saturated heterocycles. The van der Waals surface area contributed by atoms with Crippen molar-refractivity contribution in [2.45, 2.75) is 112 Å². The number of hydrogen-bond acceptors (Lipinski definition) is 2. The van der Waals surface area contributed by atoms with Crippen molar-refractivity contribution in [3.63, 3.8) is 0 Å². The summed E-state index contributed by atoms with van der Waals surface area (Å²) in [4.78, 5) is 5.78. The van der Waals surface area contributed by atoms with Crippen LogP contribution in [0.1, 0.15) is 115 Å². The van der Waals surface area contributed by atoms with Gasteiger partial charge < -0.3 is 5.11 Å². The standard InChI is InChI=1S/C32H48NOP/c1-20(2)24-14-13-15-25(21(3)4)27(24)33-29-32(30(7,8)9,16-17-35(29)31(10,11)12)26-19-22(5)18-23(6)28(26)34/h13-15,18-21,34H,16-17H2,1-12H3. The molecule has 3 heteroatoms. The Hall–Kier alpha value is -1.66. The zero-order chi connectivity index (χ0) is 26.5. The van der Waals surface area contributed by atoms with Crippen molar-refractivity contribution < 1.29 is 5.11 Å². The lowest BCUT2D eigenvalue weighted by Crippen LogP contribution is -2.44. The summed E-state index contributed by atoms with van der Waals surface area (Å²) < 4.78 is 0. The molecule has 0 spiro atoms. The van der Waals surface area contributed by atoms with Gasteiger partial charge in [0.15, 0.2) is 0 Å². The molecule has 0 amide bonds. The van der Waals surface area contributed by atoms with Gasteiger partial charge in [-0.2, -0.15) is 0 Å². The minimum atomic E-state index is -0.505. The highest BCUT2D eigenvalue weighted by molar-refractivity contribution is 7.77. The van der Waals surface area contributed by atoms with Gasteiger partial charge in [-0.25, -0.2) is 0 Å². The van der Waals surface area contributed by atoms with Gasteiger partial charge in [-0.15, -0.1) is 0 Å². The molecule has 1 fully saturated rings. The smallest absolute Gasteiger partial charge is 0.122 e. The van der Waals surface area contributed by atoms with Crippen LogP contribution in [0.4, 0.5) is 5.69 Å². The predicted molar refractivity (Wildman–Crippen MR) is 157 cm³/mol. The molecule has 2 nitrogen and oxygen atoms in total. The van der Waals surface area contributed by atoms with E-state index in [1.165, 1.54) is 27.8 Å². The average molecular weight is 494 g/mol. The Morgan fingerprint density at radius 2 is 1.46 bits per heavy atom. The minimum Gasteiger partial charge on any atom is -0.507 e. The van der Waals surface area contributed by atoms with Gasteiger partial charge in [0.1, 0.15) is 5.75 Å². The molecule has 0 aliphatic carbocycles. The number of phenolic OH excluding ortho intramolecular Hbond substituents is 1. The number of aryl methyl sites for hydroxylation is 2. The summed E-state index contributed by atoms with van der Waals surface area (Å²) in [6.45, 7) is 27.5. The number of phenols is 1. The van der Waals surface area contributed by atoms with Gasteiger partial charge in [0.25, 0.3) is 0 Å². The molecule has 0 aromatic heterocycles. The van der Waals surface area contributed by atoms with Crippen LogP contribution < -0.4 is 0 Å². The first-order chi connectivity index (χ1) is 16.0. The third-order valence-corrected chi connectivity index (χ3v) is 11.2. The van der Waals surface area contributed by atoms with E-state index in [2.05, 4.69) is 106 Å². The second kappa shape index (κ2) is 9.66. The molecule has 2 aromatic rings. The number of nitrogens with zero attached hydrogens (tertiary/aromatic N) is 1. The topological polar surface area (TPSA) is 32.6 Å². The van der Waals surface area contributed by atoms with Gasteiger partial charge in [-0.05, 0) is 65.5 Å². The summed E-state index contributed by atoms with van der Waals surface area (Å²) in [5.74, 6) is 1.24. The fourth-order valence-electron chi connectivity index (χ4n) is 5.94. The molecule has 3 rings (SSSR count). The van der Waals surface area contributed by atoms with E-state index in [1.54, 1.807) is 0 Å². The molecule has 0 radical (unpaired) electrons. The van der Waals surface area contributed by atoms with Gasteiger partial charge in [0.2, 0.25) is 0 Å². The van der Waals surface area contributed by atoms with E-state index in [0.717, 1.165) is 23.7 Å². The van der Waals surface area contributed by atoms with Crippen molar-refractivity contribution in [2.75, 3.05) is 6.16 Å². The van der Waals surface area contributed by atoms with E-state index >= 15 is 0 Å². The normalized spacial score (nSPS) is 22.6. The van der Waals surface area contributed by atoms with E-state index in [0.29, 0.717) is 17.6 Å².